The molecule has 0 saturated carbocycles. The third kappa shape index (κ3) is 3.10. The van der Waals surface area contributed by atoms with E-state index < -0.39 is 0 Å². The molecule has 0 saturated heterocycles. The zero-order chi connectivity index (χ0) is 14.1. The van der Waals surface area contributed by atoms with Crippen molar-refractivity contribution in [1.82, 2.24) is 9.88 Å². The number of hydrogen-bond donors (Lipinski definition) is 1. The van der Waals surface area contributed by atoms with Crippen LogP contribution in [0.3, 0.4) is 0 Å². The average Bonchev–Trinajstić information content (AvgIpc) is 2.75. The molecule has 0 radical (unpaired) electrons. The van der Waals surface area contributed by atoms with E-state index in [-0.39, 0.29) is 12.4 Å². The van der Waals surface area contributed by atoms with Crippen LogP contribution in [-0.4, -0.2) is 23.9 Å². The standard InChI is InChI=1S/C17H24N2S.ClH/c1-12(2)11-19-15-7-5-4-6-14(15)16-13(10-18-3)8-9-20-17(16)19;/h4-7,12-13,18H,8-11H2,1-3H3;1H. The topological polar surface area (TPSA) is 17.0 Å². The van der Waals surface area contributed by atoms with E-state index in [1.165, 1.54) is 28.1 Å². The molecule has 0 aliphatic carbocycles. The Bertz CT molecular complexity index is 606. The van der Waals surface area contributed by atoms with Crippen LogP contribution in [0.5, 0.6) is 0 Å². The molecule has 0 bridgehead atoms. The first-order valence-electron chi connectivity index (χ1n) is 7.61. The van der Waals surface area contributed by atoms with Crippen LogP contribution in [-0.2, 0) is 6.54 Å². The molecule has 2 aromatic rings. The van der Waals surface area contributed by atoms with Gasteiger partial charge in [-0.05, 0) is 31.0 Å². The van der Waals surface area contributed by atoms with E-state index in [1.54, 1.807) is 5.56 Å². The van der Waals surface area contributed by atoms with Crippen LogP contribution in [0.15, 0.2) is 29.3 Å². The van der Waals surface area contributed by atoms with E-state index in [2.05, 4.69) is 55.0 Å². The van der Waals surface area contributed by atoms with Gasteiger partial charge in [0.1, 0.15) is 0 Å². The molecule has 1 aromatic heterocycles. The van der Waals surface area contributed by atoms with Gasteiger partial charge >= 0.3 is 0 Å². The summed E-state index contributed by atoms with van der Waals surface area (Å²) in [6.07, 6.45) is 1.29. The first kappa shape index (κ1) is 16.7. The van der Waals surface area contributed by atoms with Gasteiger partial charge in [0, 0.05) is 35.7 Å². The molecule has 2 nitrogen and oxygen atoms in total. The molecule has 1 atom stereocenters. The monoisotopic (exact) mass is 324 g/mol. The second-order valence-corrected chi connectivity index (χ2v) is 7.22. The van der Waals surface area contributed by atoms with E-state index in [0.717, 1.165) is 13.1 Å². The summed E-state index contributed by atoms with van der Waals surface area (Å²) in [5, 5.41) is 6.36. The maximum absolute atomic E-state index is 3.37. The van der Waals surface area contributed by atoms with Crippen molar-refractivity contribution in [1.29, 1.82) is 0 Å². The van der Waals surface area contributed by atoms with Gasteiger partial charge in [-0.1, -0.05) is 32.0 Å². The lowest BCUT2D eigenvalue weighted by Crippen LogP contribution is -2.21. The fourth-order valence-corrected chi connectivity index (χ4v) is 4.65. The maximum Gasteiger partial charge on any atom is 0.0795 e. The molecule has 21 heavy (non-hydrogen) atoms. The third-order valence-electron chi connectivity index (χ3n) is 4.07. The summed E-state index contributed by atoms with van der Waals surface area (Å²) >= 11 is 2.05. The Hall–Kier alpha value is -0.640. The summed E-state index contributed by atoms with van der Waals surface area (Å²) in [6, 6.07) is 8.94. The summed E-state index contributed by atoms with van der Waals surface area (Å²) in [4.78, 5) is 0. The molecular weight excluding hydrogens is 300 g/mol. The molecule has 3 rings (SSSR count). The predicted molar refractivity (Wildman–Crippen MR) is 96.0 cm³/mol. The molecule has 2 heterocycles. The highest BCUT2D eigenvalue weighted by atomic mass is 35.5. The van der Waals surface area contributed by atoms with Crippen molar-refractivity contribution in [2.75, 3.05) is 19.3 Å². The second kappa shape index (κ2) is 7.08. The van der Waals surface area contributed by atoms with Gasteiger partial charge in [0.25, 0.3) is 0 Å². The van der Waals surface area contributed by atoms with Crippen LogP contribution in [0.2, 0.25) is 0 Å². The normalized spacial score (nSPS) is 17.8. The van der Waals surface area contributed by atoms with E-state index in [9.17, 15) is 0 Å². The number of nitrogens with one attached hydrogen (secondary N) is 1. The highest BCUT2D eigenvalue weighted by Crippen LogP contribution is 2.43. The minimum atomic E-state index is 0. The Balaban J connectivity index is 0.00000161. The van der Waals surface area contributed by atoms with Gasteiger partial charge in [-0.2, -0.15) is 0 Å². The van der Waals surface area contributed by atoms with Gasteiger partial charge < -0.3 is 9.88 Å². The molecule has 1 aliphatic heterocycles. The minimum Gasteiger partial charge on any atom is -0.335 e. The van der Waals surface area contributed by atoms with Crippen LogP contribution >= 0.6 is 24.2 Å². The lowest BCUT2D eigenvalue weighted by Gasteiger charge is -2.24. The minimum absolute atomic E-state index is 0. The van der Waals surface area contributed by atoms with E-state index >= 15 is 0 Å². The quantitative estimate of drug-likeness (QED) is 0.890. The number of likely N-dealkylation sites (N-methyl/N-ethyl adjacent to an activating group) is 1. The van der Waals surface area contributed by atoms with Gasteiger partial charge in [-0.25, -0.2) is 0 Å². The largest absolute Gasteiger partial charge is 0.335 e. The fraction of sp³-hybridized carbons (Fsp3) is 0.529. The van der Waals surface area contributed by atoms with Gasteiger partial charge in [0.15, 0.2) is 0 Å². The number of hydrogen-bond acceptors (Lipinski definition) is 2. The third-order valence-corrected chi connectivity index (χ3v) is 5.23. The van der Waals surface area contributed by atoms with Gasteiger partial charge in [0.2, 0.25) is 0 Å². The molecule has 1 aromatic carbocycles. The number of nitrogens with zero attached hydrogens (tertiary/aromatic N) is 1. The molecule has 0 amide bonds. The molecule has 4 heteroatoms. The zero-order valence-corrected chi connectivity index (χ0v) is 14.7. The summed E-state index contributed by atoms with van der Waals surface area (Å²) in [7, 11) is 2.06. The van der Waals surface area contributed by atoms with E-state index in [4.69, 9.17) is 0 Å². The van der Waals surface area contributed by atoms with Crippen LogP contribution in [0.4, 0.5) is 0 Å². The summed E-state index contributed by atoms with van der Waals surface area (Å²) in [5.74, 6) is 2.59. The van der Waals surface area contributed by atoms with Crippen molar-refractivity contribution in [2.24, 2.45) is 5.92 Å². The molecule has 1 unspecified atom stereocenters. The fourth-order valence-electron chi connectivity index (χ4n) is 3.30. The lowest BCUT2D eigenvalue weighted by atomic mass is 9.95. The van der Waals surface area contributed by atoms with Crippen molar-refractivity contribution in [3.05, 3.63) is 29.8 Å². The average molecular weight is 325 g/mol. The van der Waals surface area contributed by atoms with E-state index in [1.807, 2.05) is 11.8 Å². The number of thioether (sulfide) groups is 1. The smallest absolute Gasteiger partial charge is 0.0795 e. The van der Waals surface area contributed by atoms with Crippen LogP contribution in [0, 0.1) is 5.92 Å². The van der Waals surface area contributed by atoms with Gasteiger partial charge in [-0.15, -0.1) is 24.2 Å². The van der Waals surface area contributed by atoms with E-state index in [0.29, 0.717) is 11.8 Å². The number of halogens is 1. The Labute approximate surface area is 138 Å². The molecule has 1 N–H and O–H groups in total. The molecular formula is C17H25ClN2S. The van der Waals surface area contributed by atoms with Gasteiger partial charge in [0.05, 0.1) is 5.03 Å². The Kier molecular flexibility index (Phi) is 5.64. The Morgan fingerprint density at radius 1 is 1.33 bits per heavy atom. The number of aromatic nitrogens is 1. The summed E-state index contributed by atoms with van der Waals surface area (Å²) in [6.45, 7) is 6.82. The number of benzene rings is 1. The number of fused-ring (bicyclic) bond motifs is 3. The predicted octanol–water partition coefficient (Wildman–Crippen LogP) is 4.52. The Morgan fingerprint density at radius 2 is 2.10 bits per heavy atom. The number of rotatable bonds is 4. The van der Waals surface area contributed by atoms with Crippen LogP contribution in [0.1, 0.15) is 31.7 Å². The molecule has 1 aliphatic rings. The molecule has 116 valence electrons. The first-order chi connectivity index (χ1) is 9.72. The molecule has 0 spiro atoms. The van der Waals surface area contributed by atoms with Crippen LogP contribution in [0.25, 0.3) is 10.9 Å². The first-order valence-corrected chi connectivity index (χ1v) is 8.59. The van der Waals surface area contributed by atoms with Crippen molar-refractivity contribution in [3.8, 4) is 0 Å². The maximum atomic E-state index is 3.37. The molecule has 0 fully saturated rings. The summed E-state index contributed by atoms with van der Waals surface area (Å²) < 4.78 is 2.56. The summed E-state index contributed by atoms with van der Waals surface area (Å²) in [5.41, 5.74) is 3.01. The van der Waals surface area contributed by atoms with Crippen molar-refractivity contribution in [2.45, 2.75) is 37.8 Å². The number of para-hydroxylation sites is 1. The Morgan fingerprint density at radius 3 is 2.81 bits per heavy atom. The highest BCUT2D eigenvalue weighted by molar-refractivity contribution is 7.99. The van der Waals surface area contributed by atoms with Crippen molar-refractivity contribution < 1.29 is 0 Å². The second-order valence-electron chi connectivity index (χ2n) is 6.13. The lowest BCUT2D eigenvalue weighted by molar-refractivity contribution is 0.500. The zero-order valence-electron chi connectivity index (χ0n) is 13.1. The van der Waals surface area contributed by atoms with Crippen molar-refractivity contribution >= 4 is 35.1 Å². The van der Waals surface area contributed by atoms with Gasteiger partial charge in [-0.3, -0.25) is 0 Å². The van der Waals surface area contributed by atoms with Crippen LogP contribution < -0.4 is 5.32 Å². The van der Waals surface area contributed by atoms with Crippen molar-refractivity contribution in [3.63, 3.8) is 0 Å². The SMILES string of the molecule is CNCC1CCSc2c1c1ccccc1n2CC(C)C.Cl. The highest BCUT2D eigenvalue weighted by Gasteiger charge is 2.27.